The zero-order valence-electron chi connectivity index (χ0n) is 11.2. The summed E-state index contributed by atoms with van der Waals surface area (Å²) in [6.07, 6.45) is 2.75. The minimum Gasteiger partial charge on any atom is -0.462 e. The molecule has 0 aliphatic carbocycles. The summed E-state index contributed by atoms with van der Waals surface area (Å²) in [5.41, 5.74) is 2.30. The number of anilines is 1. The maximum atomic E-state index is 11.7. The summed E-state index contributed by atoms with van der Waals surface area (Å²) in [6, 6.07) is 5.61. The molecule has 1 aromatic carbocycles. The largest absolute Gasteiger partial charge is 0.462 e. The number of esters is 1. The first-order chi connectivity index (χ1) is 9.69. The van der Waals surface area contributed by atoms with E-state index in [9.17, 15) is 4.79 Å². The second-order valence-electron chi connectivity index (χ2n) is 4.78. The number of carbonyl (C=O) groups is 1. The lowest BCUT2D eigenvalue weighted by atomic mass is 10.1. The van der Waals surface area contributed by atoms with Gasteiger partial charge in [-0.15, -0.1) is 0 Å². The van der Waals surface area contributed by atoms with Crippen molar-refractivity contribution in [2.45, 2.75) is 13.3 Å². The Labute approximate surface area is 122 Å². The predicted molar refractivity (Wildman–Crippen MR) is 79.5 cm³/mol. The maximum absolute atomic E-state index is 11.7. The van der Waals surface area contributed by atoms with Crippen molar-refractivity contribution in [3.63, 3.8) is 0 Å². The fourth-order valence-corrected chi connectivity index (χ4v) is 2.55. The Morgan fingerprint density at radius 1 is 1.40 bits per heavy atom. The van der Waals surface area contributed by atoms with Gasteiger partial charge in [0.25, 0.3) is 0 Å². The van der Waals surface area contributed by atoms with E-state index >= 15 is 0 Å². The molecule has 0 spiro atoms. The normalized spacial score (nSPS) is 14.2. The van der Waals surface area contributed by atoms with E-state index in [1.54, 1.807) is 19.2 Å². The van der Waals surface area contributed by atoms with Crippen molar-refractivity contribution in [1.82, 2.24) is 4.98 Å². The van der Waals surface area contributed by atoms with Crippen LogP contribution in [0.1, 0.15) is 23.7 Å². The lowest BCUT2D eigenvalue weighted by Crippen LogP contribution is -2.37. The Hall–Kier alpha value is -1.81. The van der Waals surface area contributed by atoms with Crippen molar-refractivity contribution in [3.8, 4) is 0 Å². The van der Waals surface area contributed by atoms with Crippen LogP contribution >= 0.6 is 11.6 Å². The number of fused-ring (bicyclic) bond motifs is 1. The highest BCUT2D eigenvalue weighted by Crippen LogP contribution is 2.33. The standard InChI is InChI=1S/C15H15ClN2O2/c1-2-20-15(19)11-6-10-7-12(16)14(18-4-3-5-18)8-13(10)17-9-11/h6-9H,2-5H2,1H3. The summed E-state index contributed by atoms with van der Waals surface area (Å²) in [7, 11) is 0. The van der Waals surface area contributed by atoms with Crippen LogP contribution < -0.4 is 4.90 Å². The lowest BCUT2D eigenvalue weighted by Gasteiger charge is -2.33. The summed E-state index contributed by atoms with van der Waals surface area (Å²) >= 11 is 6.32. The van der Waals surface area contributed by atoms with Crippen molar-refractivity contribution in [2.75, 3.05) is 24.6 Å². The van der Waals surface area contributed by atoms with Gasteiger partial charge in [0.15, 0.2) is 0 Å². The molecule has 104 valence electrons. The van der Waals surface area contributed by atoms with Crippen LogP contribution in [0.15, 0.2) is 24.4 Å². The number of hydrogen-bond acceptors (Lipinski definition) is 4. The Morgan fingerprint density at radius 3 is 2.85 bits per heavy atom. The smallest absolute Gasteiger partial charge is 0.339 e. The van der Waals surface area contributed by atoms with Crippen molar-refractivity contribution < 1.29 is 9.53 Å². The van der Waals surface area contributed by atoms with E-state index in [0.717, 1.165) is 29.7 Å². The van der Waals surface area contributed by atoms with Crippen LogP contribution in [0.4, 0.5) is 5.69 Å². The number of ether oxygens (including phenoxy) is 1. The molecule has 2 aromatic rings. The van der Waals surface area contributed by atoms with E-state index in [1.165, 1.54) is 6.42 Å². The number of carbonyl (C=O) groups excluding carboxylic acids is 1. The van der Waals surface area contributed by atoms with Gasteiger partial charge in [0, 0.05) is 24.7 Å². The Bertz CT molecular complexity index is 668. The Morgan fingerprint density at radius 2 is 2.20 bits per heavy atom. The molecule has 20 heavy (non-hydrogen) atoms. The molecule has 0 unspecified atom stereocenters. The SMILES string of the molecule is CCOC(=O)c1cnc2cc(N3CCC3)c(Cl)cc2c1. The van der Waals surface area contributed by atoms with Gasteiger partial charge >= 0.3 is 5.97 Å². The molecule has 0 amide bonds. The third-order valence-corrected chi connectivity index (χ3v) is 3.76. The third kappa shape index (κ3) is 2.31. The first-order valence-corrected chi connectivity index (χ1v) is 7.08. The molecule has 0 radical (unpaired) electrons. The zero-order valence-corrected chi connectivity index (χ0v) is 12.0. The van der Waals surface area contributed by atoms with Crippen molar-refractivity contribution in [1.29, 1.82) is 0 Å². The molecule has 0 saturated carbocycles. The minimum absolute atomic E-state index is 0.353. The zero-order chi connectivity index (χ0) is 14.1. The van der Waals surface area contributed by atoms with Crippen LogP contribution in [0.3, 0.4) is 0 Å². The summed E-state index contributed by atoms with van der Waals surface area (Å²) in [6.45, 7) is 4.20. The maximum Gasteiger partial charge on any atom is 0.339 e. The highest BCUT2D eigenvalue weighted by atomic mass is 35.5. The molecule has 1 aromatic heterocycles. The van der Waals surface area contributed by atoms with Gasteiger partial charge in [-0.3, -0.25) is 4.98 Å². The number of nitrogens with zero attached hydrogens (tertiary/aromatic N) is 2. The van der Waals surface area contributed by atoms with Crippen molar-refractivity contribution in [3.05, 3.63) is 35.0 Å². The van der Waals surface area contributed by atoms with Gasteiger partial charge in [0.1, 0.15) is 0 Å². The van der Waals surface area contributed by atoms with Crippen LogP contribution in [0, 0.1) is 0 Å². The number of pyridine rings is 1. The van der Waals surface area contributed by atoms with Gasteiger partial charge in [0.05, 0.1) is 28.4 Å². The Balaban J connectivity index is 2.00. The van der Waals surface area contributed by atoms with Gasteiger partial charge in [0.2, 0.25) is 0 Å². The van der Waals surface area contributed by atoms with Gasteiger partial charge in [-0.25, -0.2) is 4.79 Å². The highest BCUT2D eigenvalue weighted by molar-refractivity contribution is 6.34. The minimum atomic E-state index is -0.357. The quantitative estimate of drug-likeness (QED) is 0.814. The van der Waals surface area contributed by atoms with E-state index in [4.69, 9.17) is 16.3 Å². The summed E-state index contributed by atoms with van der Waals surface area (Å²) < 4.78 is 4.98. The summed E-state index contributed by atoms with van der Waals surface area (Å²) in [5, 5.41) is 1.55. The van der Waals surface area contributed by atoms with Crippen LogP contribution in [-0.4, -0.2) is 30.6 Å². The molecule has 1 saturated heterocycles. The fraction of sp³-hybridized carbons (Fsp3) is 0.333. The van der Waals surface area contributed by atoms with E-state index in [1.807, 2.05) is 12.1 Å². The molecule has 4 nitrogen and oxygen atoms in total. The molecular weight excluding hydrogens is 276 g/mol. The topological polar surface area (TPSA) is 42.4 Å². The van der Waals surface area contributed by atoms with Gasteiger partial charge < -0.3 is 9.64 Å². The third-order valence-electron chi connectivity index (χ3n) is 3.46. The molecule has 2 heterocycles. The number of benzene rings is 1. The molecule has 1 aliphatic heterocycles. The van der Waals surface area contributed by atoms with E-state index in [2.05, 4.69) is 9.88 Å². The van der Waals surface area contributed by atoms with Crippen LogP contribution in [0.5, 0.6) is 0 Å². The molecule has 3 rings (SSSR count). The lowest BCUT2D eigenvalue weighted by molar-refractivity contribution is 0.0526. The second-order valence-corrected chi connectivity index (χ2v) is 5.19. The number of aromatic nitrogens is 1. The first kappa shape index (κ1) is 13.2. The Kier molecular flexibility index (Phi) is 3.49. The fourth-order valence-electron chi connectivity index (χ4n) is 2.26. The summed E-state index contributed by atoms with van der Waals surface area (Å²) in [4.78, 5) is 18.3. The van der Waals surface area contributed by atoms with E-state index in [-0.39, 0.29) is 5.97 Å². The first-order valence-electron chi connectivity index (χ1n) is 6.70. The van der Waals surface area contributed by atoms with Crippen molar-refractivity contribution in [2.24, 2.45) is 0 Å². The summed E-state index contributed by atoms with van der Waals surface area (Å²) in [5.74, 6) is -0.357. The monoisotopic (exact) mass is 290 g/mol. The van der Waals surface area contributed by atoms with Crippen LogP contribution in [0.25, 0.3) is 10.9 Å². The average molecular weight is 291 g/mol. The molecule has 1 aliphatic rings. The molecule has 5 heteroatoms. The van der Waals surface area contributed by atoms with Gasteiger partial charge in [-0.1, -0.05) is 11.6 Å². The predicted octanol–water partition coefficient (Wildman–Crippen LogP) is 3.28. The van der Waals surface area contributed by atoms with Gasteiger partial charge in [-0.2, -0.15) is 0 Å². The van der Waals surface area contributed by atoms with Crippen LogP contribution in [0.2, 0.25) is 5.02 Å². The molecular formula is C15H15ClN2O2. The molecule has 1 fully saturated rings. The number of halogens is 1. The second kappa shape index (κ2) is 5.29. The van der Waals surface area contributed by atoms with Crippen molar-refractivity contribution >= 4 is 34.2 Å². The van der Waals surface area contributed by atoms with Gasteiger partial charge in [-0.05, 0) is 31.5 Å². The molecule has 0 atom stereocenters. The number of hydrogen-bond donors (Lipinski definition) is 0. The molecule has 0 N–H and O–H groups in total. The van der Waals surface area contributed by atoms with E-state index in [0.29, 0.717) is 17.2 Å². The van der Waals surface area contributed by atoms with E-state index < -0.39 is 0 Å². The highest BCUT2D eigenvalue weighted by Gasteiger charge is 2.18. The molecule has 0 bridgehead atoms. The number of rotatable bonds is 3. The average Bonchev–Trinajstić information content (AvgIpc) is 2.37. The van der Waals surface area contributed by atoms with Crippen LogP contribution in [-0.2, 0) is 4.74 Å².